The van der Waals surface area contributed by atoms with Crippen LogP contribution < -0.4 is 10.6 Å². The molecule has 128 valence electrons. The topological polar surface area (TPSA) is 41.1 Å². The van der Waals surface area contributed by atoms with Crippen molar-refractivity contribution in [1.29, 1.82) is 0 Å². The predicted molar refractivity (Wildman–Crippen MR) is 95.6 cm³/mol. The molecular weight excluding hydrogens is 342 g/mol. The van der Waals surface area contributed by atoms with Crippen LogP contribution >= 0.6 is 11.3 Å². The number of thiophene rings is 1. The van der Waals surface area contributed by atoms with Crippen molar-refractivity contribution in [3.8, 4) is 0 Å². The van der Waals surface area contributed by atoms with Gasteiger partial charge in [-0.05, 0) is 29.1 Å². The summed E-state index contributed by atoms with van der Waals surface area (Å²) in [6, 6.07) is 16.9. The molecule has 0 unspecified atom stereocenters. The average Bonchev–Trinajstić information content (AvgIpc) is 3.14. The molecule has 0 aliphatic heterocycles. The van der Waals surface area contributed by atoms with Gasteiger partial charge >= 0.3 is 0 Å². The summed E-state index contributed by atoms with van der Waals surface area (Å²) in [6.45, 7) is -0.0781. The maximum absolute atomic E-state index is 13.6. The molecule has 1 amide bonds. The summed E-state index contributed by atoms with van der Waals surface area (Å²) in [5, 5.41) is 7.39. The van der Waals surface area contributed by atoms with E-state index < -0.39 is 23.2 Å². The van der Waals surface area contributed by atoms with E-state index in [1.807, 2.05) is 47.8 Å². The lowest BCUT2D eigenvalue weighted by Gasteiger charge is -2.18. The Bertz CT molecular complexity index is 818. The number of halogens is 2. The molecule has 3 aromatic rings. The van der Waals surface area contributed by atoms with Crippen molar-refractivity contribution in [3.63, 3.8) is 0 Å². The summed E-state index contributed by atoms with van der Waals surface area (Å²) in [5.74, 6) is -2.11. The lowest BCUT2D eigenvalue weighted by molar-refractivity contribution is -0.115. The Morgan fingerprint density at radius 2 is 1.68 bits per heavy atom. The summed E-state index contributed by atoms with van der Waals surface area (Å²) in [7, 11) is 0. The molecule has 3 nitrogen and oxygen atoms in total. The standard InChI is InChI=1S/C19H16F2N2OS/c20-14-8-4-9-15(21)19(14)23-17(24)12-22-18(16-10-5-11-25-16)13-6-2-1-3-7-13/h1-11,18,22H,12H2,(H,23,24)/t18-/m0/s1. The van der Waals surface area contributed by atoms with Gasteiger partial charge in [-0.2, -0.15) is 0 Å². The Hall–Kier alpha value is -2.57. The van der Waals surface area contributed by atoms with Crippen LogP contribution in [-0.4, -0.2) is 12.5 Å². The van der Waals surface area contributed by atoms with Crippen LogP contribution in [0.2, 0.25) is 0 Å². The van der Waals surface area contributed by atoms with Gasteiger partial charge < -0.3 is 5.32 Å². The van der Waals surface area contributed by atoms with Crippen molar-refractivity contribution in [2.24, 2.45) is 0 Å². The number of benzene rings is 2. The fourth-order valence-electron chi connectivity index (χ4n) is 2.48. The third-order valence-corrected chi connectivity index (χ3v) is 4.59. The second kappa shape index (κ2) is 8.00. The van der Waals surface area contributed by atoms with Gasteiger partial charge in [0, 0.05) is 4.88 Å². The molecule has 25 heavy (non-hydrogen) atoms. The predicted octanol–water partition coefficient (Wildman–Crippen LogP) is 4.34. The minimum Gasteiger partial charge on any atom is -0.320 e. The second-order valence-corrected chi connectivity index (χ2v) is 6.36. The molecule has 0 aliphatic carbocycles. The van der Waals surface area contributed by atoms with Crippen molar-refractivity contribution in [1.82, 2.24) is 5.32 Å². The minimum absolute atomic E-state index is 0.0781. The zero-order chi connectivity index (χ0) is 17.6. The minimum atomic E-state index is -0.800. The zero-order valence-electron chi connectivity index (χ0n) is 13.2. The number of amides is 1. The highest BCUT2D eigenvalue weighted by atomic mass is 32.1. The SMILES string of the molecule is O=C(CN[C@@H](c1ccccc1)c1cccs1)Nc1c(F)cccc1F. The molecule has 1 heterocycles. The highest BCUT2D eigenvalue weighted by Crippen LogP contribution is 2.25. The van der Waals surface area contributed by atoms with Crippen molar-refractivity contribution in [2.45, 2.75) is 6.04 Å². The van der Waals surface area contributed by atoms with Gasteiger partial charge in [-0.1, -0.05) is 42.5 Å². The molecule has 1 aromatic heterocycles. The maximum atomic E-state index is 13.6. The monoisotopic (exact) mass is 358 g/mol. The number of anilines is 1. The quantitative estimate of drug-likeness (QED) is 0.688. The molecule has 0 aliphatic rings. The summed E-state index contributed by atoms with van der Waals surface area (Å²) < 4.78 is 27.2. The van der Waals surface area contributed by atoms with Crippen LogP contribution in [0.25, 0.3) is 0 Å². The molecule has 0 saturated carbocycles. The van der Waals surface area contributed by atoms with Crippen LogP contribution in [0.1, 0.15) is 16.5 Å². The second-order valence-electron chi connectivity index (χ2n) is 5.38. The van der Waals surface area contributed by atoms with E-state index in [4.69, 9.17) is 0 Å². The molecule has 0 fully saturated rings. The van der Waals surface area contributed by atoms with E-state index in [2.05, 4.69) is 10.6 Å². The molecule has 1 atom stereocenters. The third-order valence-electron chi connectivity index (χ3n) is 3.65. The molecule has 0 radical (unpaired) electrons. The molecule has 0 bridgehead atoms. The molecule has 0 saturated heterocycles. The molecule has 2 aromatic carbocycles. The molecule has 0 spiro atoms. The summed E-state index contributed by atoms with van der Waals surface area (Å²) in [6.07, 6.45) is 0. The van der Waals surface area contributed by atoms with Crippen molar-refractivity contribution in [2.75, 3.05) is 11.9 Å². The first kappa shape index (κ1) is 17.3. The van der Waals surface area contributed by atoms with Gasteiger partial charge in [-0.15, -0.1) is 11.3 Å². The van der Waals surface area contributed by atoms with E-state index in [1.165, 1.54) is 6.07 Å². The number of rotatable bonds is 6. The first-order chi connectivity index (χ1) is 12.1. The fraction of sp³-hybridized carbons (Fsp3) is 0.105. The smallest absolute Gasteiger partial charge is 0.238 e. The lowest BCUT2D eigenvalue weighted by Crippen LogP contribution is -2.32. The highest BCUT2D eigenvalue weighted by molar-refractivity contribution is 7.10. The summed E-state index contributed by atoms with van der Waals surface area (Å²) in [5.41, 5.74) is 0.580. The number of carbonyl (C=O) groups excluding carboxylic acids is 1. The largest absolute Gasteiger partial charge is 0.320 e. The number of hydrogen-bond donors (Lipinski definition) is 2. The van der Waals surface area contributed by atoms with Crippen molar-refractivity contribution in [3.05, 3.63) is 88.1 Å². The Morgan fingerprint density at radius 3 is 2.32 bits per heavy atom. The maximum Gasteiger partial charge on any atom is 0.238 e. The summed E-state index contributed by atoms with van der Waals surface area (Å²) in [4.78, 5) is 13.2. The summed E-state index contributed by atoms with van der Waals surface area (Å²) >= 11 is 1.57. The van der Waals surface area contributed by atoms with E-state index in [0.29, 0.717) is 0 Å². The number of hydrogen-bond acceptors (Lipinski definition) is 3. The van der Waals surface area contributed by atoms with Crippen LogP contribution in [-0.2, 0) is 4.79 Å². The lowest BCUT2D eigenvalue weighted by atomic mass is 10.1. The first-order valence-electron chi connectivity index (χ1n) is 7.71. The van der Waals surface area contributed by atoms with Gasteiger partial charge in [0.15, 0.2) is 0 Å². The van der Waals surface area contributed by atoms with E-state index in [-0.39, 0.29) is 12.6 Å². The van der Waals surface area contributed by atoms with Crippen molar-refractivity contribution >= 4 is 22.9 Å². The zero-order valence-corrected chi connectivity index (χ0v) is 14.0. The number of carbonyl (C=O) groups is 1. The Morgan fingerprint density at radius 1 is 0.960 bits per heavy atom. The number of para-hydroxylation sites is 1. The molecule has 6 heteroatoms. The van der Waals surface area contributed by atoms with Crippen LogP contribution in [0.3, 0.4) is 0 Å². The Labute approximate surface area is 148 Å². The molecule has 3 rings (SSSR count). The van der Waals surface area contributed by atoms with Gasteiger partial charge in [-0.25, -0.2) is 8.78 Å². The Balaban J connectivity index is 1.70. The van der Waals surface area contributed by atoms with Gasteiger partial charge in [0.1, 0.15) is 17.3 Å². The molecular formula is C19H16F2N2OS. The van der Waals surface area contributed by atoms with E-state index >= 15 is 0 Å². The molecule has 2 N–H and O–H groups in total. The Kier molecular flexibility index (Phi) is 5.53. The van der Waals surface area contributed by atoms with Gasteiger partial charge in [0.05, 0.1) is 12.6 Å². The van der Waals surface area contributed by atoms with Crippen LogP contribution in [0, 0.1) is 11.6 Å². The van der Waals surface area contributed by atoms with Gasteiger partial charge in [0.2, 0.25) is 5.91 Å². The average molecular weight is 358 g/mol. The van der Waals surface area contributed by atoms with E-state index in [9.17, 15) is 13.6 Å². The fourth-order valence-corrected chi connectivity index (χ4v) is 3.31. The van der Waals surface area contributed by atoms with Crippen LogP contribution in [0.15, 0.2) is 66.0 Å². The third kappa shape index (κ3) is 4.29. The number of nitrogens with one attached hydrogen (secondary N) is 2. The van der Waals surface area contributed by atoms with Crippen LogP contribution in [0.4, 0.5) is 14.5 Å². The van der Waals surface area contributed by atoms with E-state index in [1.54, 1.807) is 11.3 Å². The highest BCUT2D eigenvalue weighted by Gasteiger charge is 2.17. The van der Waals surface area contributed by atoms with Gasteiger partial charge in [-0.3, -0.25) is 10.1 Å². The normalized spacial score (nSPS) is 11.9. The van der Waals surface area contributed by atoms with Crippen molar-refractivity contribution < 1.29 is 13.6 Å². The van der Waals surface area contributed by atoms with Gasteiger partial charge in [0.25, 0.3) is 0 Å². The van der Waals surface area contributed by atoms with E-state index in [0.717, 1.165) is 22.6 Å². The first-order valence-corrected chi connectivity index (χ1v) is 8.58. The van der Waals surface area contributed by atoms with Crippen LogP contribution in [0.5, 0.6) is 0 Å².